The van der Waals surface area contributed by atoms with Crippen LogP contribution < -0.4 is 15.2 Å². The Balaban J connectivity index is 2.13. The monoisotopic (exact) mass is 310 g/mol. The Morgan fingerprint density at radius 2 is 1.86 bits per heavy atom. The normalized spacial score (nSPS) is 11.6. The third-order valence-electron chi connectivity index (χ3n) is 2.58. The zero-order valence-electron chi connectivity index (χ0n) is 11.9. The van der Waals surface area contributed by atoms with Crippen molar-refractivity contribution in [2.45, 2.75) is 31.6 Å². The van der Waals surface area contributed by atoms with E-state index in [9.17, 15) is 8.42 Å². The smallest absolute Gasteiger partial charge is 0.295 e. The first-order chi connectivity index (χ1) is 9.90. The minimum Gasteiger partial charge on any atom is -0.491 e. The fourth-order valence-electron chi connectivity index (χ4n) is 1.69. The number of anilines is 1. The summed E-state index contributed by atoms with van der Waals surface area (Å²) in [6.07, 6.45) is 0.0605. The minimum absolute atomic E-state index is 0.0605. The Bertz CT molecular complexity index is 690. The summed E-state index contributed by atoms with van der Waals surface area (Å²) in [6, 6.07) is 9.57. The van der Waals surface area contributed by atoms with Crippen LogP contribution in [0, 0.1) is 0 Å². The lowest BCUT2D eigenvalue weighted by Crippen LogP contribution is -2.12. The van der Waals surface area contributed by atoms with Crippen molar-refractivity contribution in [2.24, 2.45) is 5.73 Å². The maximum Gasteiger partial charge on any atom is 0.295 e. The minimum atomic E-state index is -3.75. The van der Waals surface area contributed by atoms with Gasteiger partial charge in [-0.05, 0) is 50.2 Å². The van der Waals surface area contributed by atoms with E-state index in [1.165, 1.54) is 12.1 Å². The molecule has 0 unspecified atom stereocenters. The van der Waals surface area contributed by atoms with Crippen LogP contribution in [0.25, 0.3) is 0 Å². The maximum absolute atomic E-state index is 12.1. The average Bonchev–Trinajstić information content (AvgIpc) is 2.90. The van der Waals surface area contributed by atoms with Gasteiger partial charge in [0.15, 0.2) is 0 Å². The van der Waals surface area contributed by atoms with E-state index in [4.69, 9.17) is 14.9 Å². The van der Waals surface area contributed by atoms with E-state index >= 15 is 0 Å². The molecule has 1 aromatic heterocycles. The molecule has 0 aliphatic heterocycles. The van der Waals surface area contributed by atoms with Gasteiger partial charge in [0.25, 0.3) is 10.0 Å². The van der Waals surface area contributed by atoms with E-state index < -0.39 is 10.0 Å². The Morgan fingerprint density at radius 3 is 2.38 bits per heavy atom. The van der Waals surface area contributed by atoms with Gasteiger partial charge in [-0.25, -0.2) is 0 Å². The number of sulfonamides is 1. The highest BCUT2D eigenvalue weighted by molar-refractivity contribution is 7.92. The van der Waals surface area contributed by atoms with Crippen LogP contribution in [0.3, 0.4) is 0 Å². The Kier molecular flexibility index (Phi) is 4.54. The van der Waals surface area contributed by atoms with Crippen LogP contribution in [-0.4, -0.2) is 14.5 Å². The Hall–Kier alpha value is -1.99. The van der Waals surface area contributed by atoms with Crippen LogP contribution in [0.4, 0.5) is 5.69 Å². The van der Waals surface area contributed by atoms with Crippen LogP contribution in [-0.2, 0) is 16.6 Å². The van der Waals surface area contributed by atoms with Gasteiger partial charge in [-0.1, -0.05) is 0 Å². The third kappa shape index (κ3) is 3.99. The number of furan rings is 1. The van der Waals surface area contributed by atoms with Gasteiger partial charge in [-0.2, -0.15) is 8.42 Å². The molecule has 1 heterocycles. The summed E-state index contributed by atoms with van der Waals surface area (Å²) < 4.78 is 37.3. The van der Waals surface area contributed by atoms with Crippen LogP contribution in [0.15, 0.2) is 45.9 Å². The van der Waals surface area contributed by atoms with Crippen molar-refractivity contribution in [1.82, 2.24) is 0 Å². The molecule has 0 bridgehead atoms. The number of nitrogens with one attached hydrogen (secondary N) is 1. The molecule has 0 fully saturated rings. The second kappa shape index (κ2) is 6.19. The number of benzene rings is 1. The molecule has 0 amide bonds. The summed E-state index contributed by atoms with van der Waals surface area (Å²) in [5, 5.41) is -0.162. The third-order valence-corrected chi connectivity index (χ3v) is 3.83. The molecule has 0 saturated carbocycles. The SMILES string of the molecule is CC(C)Oc1ccc(NS(=O)(=O)c2ccc(CN)o2)cc1. The summed E-state index contributed by atoms with van der Waals surface area (Å²) >= 11 is 0. The van der Waals surface area contributed by atoms with Gasteiger partial charge >= 0.3 is 0 Å². The van der Waals surface area contributed by atoms with Crippen molar-refractivity contribution in [2.75, 3.05) is 4.72 Å². The van der Waals surface area contributed by atoms with E-state index in [1.807, 2.05) is 13.8 Å². The molecule has 7 heteroatoms. The molecular formula is C14H18N2O4S. The first-order valence-corrected chi connectivity index (χ1v) is 7.97. The summed E-state index contributed by atoms with van der Waals surface area (Å²) in [4.78, 5) is 0. The number of hydrogen-bond acceptors (Lipinski definition) is 5. The van der Waals surface area contributed by atoms with Gasteiger partial charge in [-0.15, -0.1) is 0 Å². The van der Waals surface area contributed by atoms with Gasteiger partial charge in [0, 0.05) is 5.69 Å². The second-order valence-electron chi connectivity index (χ2n) is 4.72. The lowest BCUT2D eigenvalue weighted by atomic mass is 10.3. The predicted octanol–water partition coefficient (Wildman–Crippen LogP) is 2.33. The molecule has 0 spiro atoms. The van der Waals surface area contributed by atoms with Crippen LogP contribution in [0.2, 0.25) is 0 Å². The highest BCUT2D eigenvalue weighted by Gasteiger charge is 2.18. The van der Waals surface area contributed by atoms with E-state index in [2.05, 4.69) is 4.72 Å². The van der Waals surface area contributed by atoms with E-state index in [0.29, 0.717) is 17.2 Å². The van der Waals surface area contributed by atoms with Crippen molar-refractivity contribution in [3.05, 3.63) is 42.2 Å². The molecule has 21 heavy (non-hydrogen) atoms. The van der Waals surface area contributed by atoms with Crippen LogP contribution >= 0.6 is 0 Å². The fourth-order valence-corrected chi connectivity index (χ4v) is 2.70. The molecule has 0 atom stereocenters. The van der Waals surface area contributed by atoms with E-state index in [-0.39, 0.29) is 17.7 Å². The second-order valence-corrected chi connectivity index (χ2v) is 6.33. The highest BCUT2D eigenvalue weighted by atomic mass is 32.2. The predicted molar refractivity (Wildman–Crippen MR) is 79.6 cm³/mol. The Labute approximate surface area is 124 Å². The number of rotatable bonds is 6. The lowest BCUT2D eigenvalue weighted by Gasteiger charge is -2.10. The van der Waals surface area contributed by atoms with Gasteiger partial charge in [-0.3, -0.25) is 4.72 Å². The molecule has 0 aliphatic rings. The molecule has 0 saturated heterocycles. The molecular weight excluding hydrogens is 292 g/mol. The molecule has 114 valence electrons. The van der Waals surface area contributed by atoms with Crippen molar-refractivity contribution in [3.63, 3.8) is 0 Å². The van der Waals surface area contributed by atoms with Gasteiger partial charge in [0.1, 0.15) is 11.5 Å². The zero-order chi connectivity index (χ0) is 15.5. The summed E-state index contributed by atoms with van der Waals surface area (Å²) in [6.45, 7) is 3.99. The van der Waals surface area contributed by atoms with Crippen molar-refractivity contribution in [1.29, 1.82) is 0 Å². The Morgan fingerprint density at radius 1 is 1.19 bits per heavy atom. The molecule has 1 aromatic carbocycles. The first kappa shape index (κ1) is 15.4. The zero-order valence-corrected chi connectivity index (χ0v) is 12.7. The van der Waals surface area contributed by atoms with Crippen molar-refractivity contribution < 1.29 is 17.6 Å². The van der Waals surface area contributed by atoms with E-state index in [0.717, 1.165) is 0 Å². The summed E-state index contributed by atoms with van der Waals surface area (Å²) in [7, 11) is -3.75. The fraction of sp³-hybridized carbons (Fsp3) is 0.286. The molecule has 0 aliphatic carbocycles. The first-order valence-electron chi connectivity index (χ1n) is 6.49. The topological polar surface area (TPSA) is 94.6 Å². The van der Waals surface area contributed by atoms with Crippen LogP contribution in [0.1, 0.15) is 19.6 Å². The number of ether oxygens (including phenoxy) is 1. The molecule has 2 rings (SSSR count). The molecule has 6 nitrogen and oxygen atoms in total. The van der Waals surface area contributed by atoms with Gasteiger partial charge in [0.05, 0.1) is 12.6 Å². The molecule has 2 aromatic rings. The van der Waals surface area contributed by atoms with Crippen LogP contribution in [0.5, 0.6) is 5.75 Å². The average molecular weight is 310 g/mol. The van der Waals surface area contributed by atoms with Gasteiger partial charge in [0.2, 0.25) is 5.09 Å². The van der Waals surface area contributed by atoms with E-state index in [1.54, 1.807) is 24.3 Å². The highest BCUT2D eigenvalue weighted by Crippen LogP contribution is 2.21. The summed E-state index contributed by atoms with van der Waals surface area (Å²) in [5.74, 6) is 1.09. The molecule has 3 N–H and O–H groups in total. The quantitative estimate of drug-likeness (QED) is 0.854. The van der Waals surface area contributed by atoms with Crippen molar-refractivity contribution >= 4 is 15.7 Å². The standard InChI is InChI=1S/C14H18N2O4S/c1-10(2)19-12-5-3-11(4-6-12)16-21(17,18)14-8-7-13(9-15)20-14/h3-8,10,16H,9,15H2,1-2H3. The number of hydrogen-bond donors (Lipinski definition) is 2. The maximum atomic E-state index is 12.1. The number of nitrogens with two attached hydrogens (primary N) is 1. The molecule has 0 radical (unpaired) electrons. The largest absolute Gasteiger partial charge is 0.491 e. The van der Waals surface area contributed by atoms with Crippen molar-refractivity contribution in [3.8, 4) is 5.75 Å². The van der Waals surface area contributed by atoms with Gasteiger partial charge < -0.3 is 14.9 Å². The summed E-state index contributed by atoms with van der Waals surface area (Å²) in [5.41, 5.74) is 5.82. The lowest BCUT2D eigenvalue weighted by molar-refractivity contribution is 0.242.